The Labute approximate surface area is 125 Å². The number of nitrogens with one attached hydrogen (secondary N) is 1. The highest BCUT2D eigenvalue weighted by atomic mass is 35.5. The van der Waals surface area contributed by atoms with Crippen LogP contribution in [0.1, 0.15) is 37.7 Å². The minimum atomic E-state index is 0.181. The highest BCUT2D eigenvalue weighted by Gasteiger charge is 2.42. The Balaban J connectivity index is 1.62. The average Bonchev–Trinajstić information content (AvgIpc) is 2.44. The molecule has 0 aromatic heterocycles. The van der Waals surface area contributed by atoms with Crippen LogP contribution in [-0.2, 0) is 11.3 Å². The molecule has 0 amide bonds. The molecule has 1 aromatic carbocycles. The van der Waals surface area contributed by atoms with E-state index in [2.05, 4.69) is 5.32 Å². The third-order valence-electron chi connectivity index (χ3n) is 4.62. The van der Waals surface area contributed by atoms with Gasteiger partial charge in [-0.2, -0.15) is 0 Å². The lowest BCUT2D eigenvalue weighted by atomic mass is 9.74. The molecule has 1 heterocycles. The zero-order valence-electron chi connectivity index (χ0n) is 12.0. The lowest BCUT2D eigenvalue weighted by Gasteiger charge is -2.47. The molecular weight excluding hydrogens is 274 g/mol. The largest absolute Gasteiger partial charge is 0.496 e. The first kappa shape index (κ1) is 14.2. The van der Waals surface area contributed by atoms with Gasteiger partial charge in [-0.1, -0.05) is 17.7 Å². The van der Waals surface area contributed by atoms with E-state index in [1.54, 1.807) is 7.11 Å². The van der Waals surface area contributed by atoms with E-state index in [0.717, 1.165) is 42.3 Å². The molecule has 1 N–H and O–H groups in total. The maximum atomic E-state index is 6.28. The van der Waals surface area contributed by atoms with Crippen molar-refractivity contribution in [3.8, 4) is 5.75 Å². The summed E-state index contributed by atoms with van der Waals surface area (Å²) in [5, 5.41) is 4.40. The molecular formula is C16H22ClNO2. The summed E-state index contributed by atoms with van der Waals surface area (Å²) < 4.78 is 11.4. The molecule has 1 spiro atoms. The number of methoxy groups -OCH3 is 1. The monoisotopic (exact) mass is 295 g/mol. The smallest absolute Gasteiger partial charge is 0.124 e. The van der Waals surface area contributed by atoms with Crippen molar-refractivity contribution in [2.75, 3.05) is 13.7 Å². The molecule has 1 saturated heterocycles. The van der Waals surface area contributed by atoms with Gasteiger partial charge in [0.15, 0.2) is 0 Å². The summed E-state index contributed by atoms with van der Waals surface area (Å²) in [6.07, 6.45) is 5.96. The summed E-state index contributed by atoms with van der Waals surface area (Å²) in [6.45, 7) is 1.63. The van der Waals surface area contributed by atoms with Gasteiger partial charge in [0.2, 0.25) is 0 Å². The summed E-state index contributed by atoms with van der Waals surface area (Å²) in [7, 11) is 1.69. The van der Waals surface area contributed by atoms with Gasteiger partial charge >= 0.3 is 0 Å². The molecule has 0 radical (unpaired) electrons. The Kier molecular flexibility index (Phi) is 4.20. The number of ether oxygens (including phenoxy) is 2. The third-order valence-corrected chi connectivity index (χ3v) is 4.98. The van der Waals surface area contributed by atoms with Crippen molar-refractivity contribution < 1.29 is 9.47 Å². The molecule has 4 heteroatoms. The second kappa shape index (κ2) is 5.92. The van der Waals surface area contributed by atoms with Gasteiger partial charge in [-0.25, -0.2) is 0 Å². The Morgan fingerprint density at radius 3 is 3.00 bits per heavy atom. The van der Waals surface area contributed by atoms with Crippen LogP contribution < -0.4 is 10.1 Å². The first-order valence-electron chi connectivity index (χ1n) is 7.41. The van der Waals surface area contributed by atoms with Crippen molar-refractivity contribution in [2.45, 2.75) is 50.3 Å². The quantitative estimate of drug-likeness (QED) is 0.921. The fraction of sp³-hybridized carbons (Fsp3) is 0.625. The van der Waals surface area contributed by atoms with Crippen molar-refractivity contribution in [3.05, 3.63) is 28.8 Å². The summed E-state index contributed by atoms with van der Waals surface area (Å²) in [5.41, 5.74) is 1.23. The van der Waals surface area contributed by atoms with E-state index in [4.69, 9.17) is 21.1 Å². The van der Waals surface area contributed by atoms with Gasteiger partial charge in [0.1, 0.15) is 5.75 Å². The Hall–Kier alpha value is -0.770. The van der Waals surface area contributed by atoms with Crippen LogP contribution in [0.15, 0.2) is 18.2 Å². The zero-order chi connectivity index (χ0) is 14.0. The van der Waals surface area contributed by atoms with Gasteiger partial charge in [0.05, 0.1) is 12.7 Å². The minimum absolute atomic E-state index is 0.181. The third kappa shape index (κ3) is 2.80. The van der Waals surface area contributed by atoms with Crippen molar-refractivity contribution in [3.63, 3.8) is 0 Å². The van der Waals surface area contributed by atoms with Crippen LogP contribution in [-0.4, -0.2) is 25.4 Å². The lowest BCUT2D eigenvalue weighted by Crippen LogP contribution is -2.50. The van der Waals surface area contributed by atoms with Crippen molar-refractivity contribution in [1.82, 2.24) is 5.32 Å². The van der Waals surface area contributed by atoms with Crippen LogP contribution in [0.5, 0.6) is 5.75 Å². The fourth-order valence-electron chi connectivity index (χ4n) is 3.27. The number of rotatable bonds is 4. The average molecular weight is 296 g/mol. The predicted molar refractivity (Wildman–Crippen MR) is 80.4 cm³/mol. The molecule has 110 valence electrons. The fourth-order valence-corrected chi connectivity index (χ4v) is 3.50. The van der Waals surface area contributed by atoms with Crippen LogP contribution in [0.25, 0.3) is 0 Å². The van der Waals surface area contributed by atoms with E-state index >= 15 is 0 Å². The van der Waals surface area contributed by atoms with E-state index in [1.165, 1.54) is 19.3 Å². The first-order chi connectivity index (χ1) is 9.72. The molecule has 1 aliphatic carbocycles. The van der Waals surface area contributed by atoms with E-state index in [0.29, 0.717) is 6.04 Å². The molecule has 20 heavy (non-hydrogen) atoms. The summed E-state index contributed by atoms with van der Waals surface area (Å²) in [5.74, 6) is 0.857. The van der Waals surface area contributed by atoms with Crippen LogP contribution in [0.3, 0.4) is 0 Å². The van der Waals surface area contributed by atoms with Gasteiger partial charge in [0, 0.05) is 29.8 Å². The lowest BCUT2D eigenvalue weighted by molar-refractivity contribution is -0.135. The van der Waals surface area contributed by atoms with Gasteiger partial charge in [-0.05, 0) is 44.2 Å². The summed E-state index contributed by atoms with van der Waals surface area (Å²) >= 11 is 6.28. The Bertz CT molecular complexity index is 474. The molecule has 2 aliphatic rings. The predicted octanol–water partition coefficient (Wildman–Crippen LogP) is 3.54. The zero-order valence-corrected chi connectivity index (χ0v) is 12.7. The highest BCUT2D eigenvalue weighted by Crippen LogP contribution is 2.42. The molecule has 1 atom stereocenters. The summed E-state index contributed by atoms with van der Waals surface area (Å²) in [6, 6.07) is 6.31. The molecule has 3 rings (SSSR count). The van der Waals surface area contributed by atoms with Gasteiger partial charge < -0.3 is 14.8 Å². The number of benzene rings is 1. The molecule has 1 unspecified atom stereocenters. The van der Waals surface area contributed by atoms with Crippen LogP contribution in [0.2, 0.25) is 5.02 Å². The molecule has 1 saturated carbocycles. The molecule has 1 aromatic rings. The summed E-state index contributed by atoms with van der Waals surface area (Å²) in [4.78, 5) is 0. The van der Waals surface area contributed by atoms with E-state index in [-0.39, 0.29) is 5.60 Å². The molecule has 3 nitrogen and oxygen atoms in total. The second-order valence-electron chi connectivity index (χ2n) is 5.88. The van der Waals surface area contributed by atoms with E-state index in [9.17, 15) is 0 Å². The number of halogens is 1. The van der Waals surface area contributed by atoms with E-state index in [1.807, 2.05) is 18.2 Å². The Morgan fingerprint density at radius 2 is 2.30 bits per heavy atom. The van der Waals surface area contributed by atoms with Crippen molar-refractivity contribution >= 4 is 11.6 Å². The van der Waals surface area contributed by atoms with Gasteiger partial charge in [-0.15, -0.1) is 0 Å². The van der Waals surface area contributed by atoms with E-state index < -0.39 is 0 Å². The molecule has 2 fully saturated rings. The minimum Gasteiger partial charge on any atom is -0.496 e. The van der Waals surface area contributed by atoms with Crippen molar-refractivity contribution in [1.29, 1.82) is 0 Å². The van der Waals surface area contributed by atoms with Crippen LogP contribution in [0, 0.1) is 0 Å². The molecule has 0 bridgehead atoms. The maximum absolute atomic E-state index is 6.28. The number of hydrogen-bond acceptors (Lipinski definition) is 3. The maximum Gasteiger partial charge on any atom is 0.124 e. The van der Waals surface area contributed by atoms with Gasteiger partial charge in [-0.3, -0.25) is 0 Å². The topological polar surface area (TPSA) is 30.5 Å². The first-order valence-corrected chi connectivity index (χ1v) is 7.79. The standard InChI is InChI=1S/C16H22ClNO2/c1-19-15-5-2-4-14(17)13(15)11-18-12-6-9-20-16(10-12)7-3-8-16/h2,4-5,12,18H,3,6-11H2,1H3. The number of hydrogen-bond donors (Lipinski definition) is 1. The van der Waals surface area contributed by atoms with Crippen LogP contribution in [0.4, 0.5) is 0 Å². The van der Waals surface area contributed by atoms with Crippen LogP contribution >= 0.6 is 11.6 Å². The second-order valence-corrected chi connectivity index (χ2v) is 6.28. The normalized spacial score (nSPS) is 24.4. The van der Waals surface area contributed by atoms with Crippen molar-refractivity contribution in [2.24, 2.45) is 0 Å². The SMILES string of the molecule is COc1cccc(Cl)c1CNC1CCOC2(CCC2)C1. The van der Waals surface area contributed by atoms with Gasteiger partial charge in [0.25, 0.3) is 0 Å². The Morgan fingerprint density at radius 1 is 1.45 bits per heavy atom. The highest BCUT2D eigenvalue weighted by molar-refractivity contribution is 6.31. The molecule has 1 aliphatic heterocycles.